The van der Waals surface area contributed by atoms with Crippen molar-refractivity contribution in [2.45, 2.75) is 50.4 Å². The molecule has 2 heterocycles. The zero-order valence-electron chi connectivity index (χ0n) is 15.9. The summed E-state index contributed by atoms with van der Waals surface area (Å²) in [6.07, 6.45) is 0.757. The number of likely N-dealkylation sites (tertiary alicyclic amines) is 1. The maximum Gasteiger partial charge on any atom is 0.407 e. The van der Waals surface area contributed by atoms with Gasteiger partial charge in [0.15, 0.2) is 0 Å². The van der Waals surface area contributed by atoms with Crippen molar-refractivity contribution in [2.75, 3.05) is 19.7 Å². The van der Waals surface area contributed by atoms with Gasteiger partial charge in [-0.2, -0.15) is 5.26 Å². The molecule has 2 aliphatic heterocycles. The van der Waals surface area contributed by atoms with E-state index in [1.165, 1.54) is 4.90 Å². The number of amides is 1. The highest BCUT2D eigenvalue weighted by atomic mass is 16.5. The standard InChI is InChI=1S/C21H25N3O4/c1-2-3-4-19-20-10-7-16(12-24(19)21(26)27)23(20)13-17(25)14-28-18-8-5-15(11-22)6-9-18/h5-6,8-9,16-17,19-20,25H,4,7,10,12-14H2,1H3,(H,26,27). The number of fused-ring (bicyclic) bond motifs is 2. The van der Waals surface area contributed by atoms with Gasteiger partial charge in [-0.25, -0.2) is 4.79 Å². The van der Waals surface area contributed by atoms with Crippen LogP contribution in [0.5, 0.6) is 5.75 Å². The molecule has 28 heavy (non-hydrogen) atoms. The van der Waals surface area contributed by atoms with Crippen LogP contribution < -0.4 is 4.74 Å². The number of piperazine rings is 1. The van der Waals surface area contributed by atoms with Crippen molar-refractivity contribution in [3.8, 4) is 23.7 Å². The number of benzene rings is 1. The minimum atomic E-state index is -0.899. The van der Waals surface area contributed by atoms with E-state index < -0.39 is 12.2 Å². The highest BCUT2D eigenvalue weighted by molar-refractivity contribution is 5.66. The van der Waals surface area contributed by atoms with E-state index in [0.29, 0.717) is 30.8 Å². The van der Waals surface area contributed by atoms with E-state index in [4.69, 9.17) is 10.00 Å². The summed E-state index contributed by atoms with van der Waals surface area (Å²) < 4.78 is 5.64. The van der Waals surface area contributed by atoms with E-state index in [-0.39, 0.29) is 24.7 Å². The summed E-state index contributed by atoms with van der Waals surface area (Å²) in [5, 5.41) is 28.9. The SMILES string of the molecule is CC#CCC1C2CCC(CN1C(=O)O)N2CC(O)COc1ccc(C#N)cc1. The minimum Gasteiger partial charge on any atom is -0.491 e. The predicted molar refractivity (Wildman–Crippen MR) is 103 cm³/mol. The molecular formula is C21H25N3O4. The number of nitriles is 1. The molecule has 4 unspecified atom stereocenters. The lowest BCUT2D eigenvalue weighted by molar-refractivity contribution is -0.0109. The number of carboxylic acid groups (broad SMARTS) is 1. The van der Waals surface area contributed by atoms with Gasteiger partial charge in [0.05, 0.1) is 17.7 Å². The average molecular weight is 383 g/mol. The van der Waals surface area contributed by atoms with E-state index in [9.17, 15) is 15.0 Å². The van der Waals surface area contributed by atoms with Crippen molar-refractivity contribution in [2.24, 2.45) is 0 Å². The summed E-state index contributed by atoms with van der Waals surface area (Å²) in [5.74, 6) is 6.49. The molecule has 7 heteroatoms. The van der Waals surface area contributed by atoms with Gasteiger partial charge in [0.25, 0.3) is 0 Å². The van der Waals surface area contributed by atoms with Crippen LogP contribution in [0.1, 0.15) is 31.7 Å². The first kappa shape index (κ1) is 20.0. The van der Waals surface area contributed by atoms with Crippen LogP contribution in [0.3, 0.4) is 0 Å². The van der Waals surface area contributed by atoms with Gasteiger partial charge in [0.2, 0.25) is 0 Å². The number of aliphatic hydroxyl groups excluding tert-OH is 1. The Kier molecular flexibility index (Phi) is 6.41. The summed E-state index contributed by atoms with van der Waals surface area (Å²) in [6.45, 7) is 2.79. The molecule has 1 aromatic carbocycles. The van der Waals surface area contributed by atoms with Gasteiger partial charge in [-0.1, -0.05) is 0 Å². The van der Waals surface area contributed by atoms with E-state index in [0.717, 1.165) is 12.8 Å². The van der Waals surface area contributed by atoms with Crippen LogP contribution >= 0.6 is 0 Å². The molecule has 2 fully saturated rings. The van der Waals surface area contributed by atoms with Gasteiger partial charge in [-0.3, -0.25) is 4.90 Å². The van der Waals surface area contributed by atoms with Crippen molar-refractivity contribution in [1.29, 1.82) is 5.26 Å². The summed E-state index contributed by atoms with van der Waals surface area (Å²) in [7, 11) is 0. The van der Waals surface area contributed by atoms with Crippen LogP contribution in [0, 0.1) is 23.2 Å². The summed E-state index contributed by atoms with van der Waals surface area (Å²) in [6, 6.07) is 8.84. The number of hydrogen-bond donors (Lipinski definition) is 2. The lowest BCUT2D eigenvalue weighted by Gasteiger charge is -2.45. The summed E-state index contributed by atoms with van der Waals surface area (Å²) >= 11 is 0. The quantitative estimate of drug-likeness (QED) is 0.729. The maximum absolute atomic E-state index is 11.7. The molecule has 0 spiro atoms. The second kappa shape index (κ2) is 8.97. The molecule has 2 N–H and O–H groups in total. The zero-order valence-corrected chi connectivity index (χ0v) is 15.9. The molecule has 2 bridgehead atoms. The first-order valence-corrected chi connectivity index (χ1v) is 9.49. The molecule has 148 valence electrons. The molecule has 2 aliphatic rings. The van der Waals surface area contributed by atoms with Crippen molar-refractivity contribution in [1.82, 2.24) is 9.80 Å². The number of aliphatic hydroxyl groups is 1. The second-order valence-corrected chi connectivity index (χ2v) is 7.23. The highest BCUT2D eigenvalue weighted by Crippen LogP contribution is 2.35. The third-order valence-electron chi connectivity index (χ3n) is 5.52. The number of ether oxygens (including phenoxy) is 1. The number of hydrogen-bond acceptors (Lipinski definition) is 5. The third-order valence-corrected chi connectivity index (χ3v) is 5.52. The third kappa shape index (κ3) is 4.39. The highest BCUT2D eigenvalue weighted by Gasteiger charge is 2.47. The predicted octanol–water partition coefficient (Wildman–Crippen LogP) is 1.91. The summed E-state index contributed by atoms with van der Waals surface area (Å²) in [5.41, 5.74) is 0.557. The Morgan fingerprint density at radius 1 is 1.36 bits per heavy atom. The minimum absolute atomic E-state index is 0.0697. The average Bonchev–Trinajstić information content (AvgIpc) is 2.97. The number of carbonyl (C=O) groups is 1. The van der Waals surface area contributed by atoms with Crippen molar-refractivity contribution in [3.05, 3.63) is 29.8 Å². The first-order valence-electron chi connectivity index (χ1n) is 9.49. The fourth-order valence-corrected chi connectivity index (χ4v) is 4.22. The molecule has 3 rings (SSSR count). The van der Waals surface area contributed by atoms with Gasteiger partial charge in [-0.05, 0) is 44.0 Å². The Morgan fingerprint density at radius 3 is 2.75 bits per heavy atom. The maximum atomic E-state index is 11.7. The number of nitrogens with zero attached hydrogens (tertiary/aromatic N) is 3. The topological polar surface area (TPSA) is 97.0 Å². The molecular weight excluding hydrogens is 358 g/mol. The van der Waals surface area contributed by atoms with Crippen LogP contribution in [-0.4, -0.2) is 70.0 Å². The number of rotatable bonds is 6. The normalized spacial score (nSPS) is 24.8. The Bertz CT molecular complexity index is 793. The van der Waals surface area contributed by atoms with E-state index >= 15 is 0 Å². The first-order chi connectivity index (χ1) is 13.5. The summed E-state index contributed by atoms with van der Waals surface area (Å²) in [4.78, 5) is 15.4. The monoisotopic (exact) mass is 383 g/mol. The Balaban J connectivity index is 1.60. The molecule has 0 saturated carbocycles. The molecule has 0 radical (unpaired) electrons. The van der Waals surface area contributed by atoms with Gasteiger partial charge in [0.1, 0.15) is 18.5 Å². The molecule has 0 aromatic heterocycles. The van der Waals surface area contributed by atoms with Crippen LogP contribution in [0.25, 0.3) is 0 Å². The van der Waals surface area contributed by atoms with Crippen LogP contribution in [0.2, 0.25) is 0 Å². The van der Waals surface area contributed by atoms with Crippen LogP contribution in [0.4, 0.5) is 4.79 Å². The molecule has 2 saturated heterocycles. The Hall–Kier alpha value is -2.74. The lowest BCUT2D eigenvalue weighted by atomic mass is 9.99. The lowest BCUT2D eigenvalue weighted by Crippen LogP contribution is -2.62. The van der Waals surface area contributed by atoms with E-state index in [1.54, 1.807) is 31.2 Å². The molecule has 4 atom stereocenters. The Labute approximate surface area is 165 Å². The van der Waals surface area contributed by atoms with Crippen molar-refractivity contribution >= 4 is 6.09 Å². The molecule has 7 nitrogen and oxygen atoms in total. The van der Waals surface area contributed by atoms with Crippen molar-refractivity contribution < 1.29 is 19.7 Å². The molecule has 1 amide bonds. The fourth-order valence-electron chi connectivity index (χ4n) is 4.22. The van der Waals surface area contributed by atoms with Gasteiger partial charge in [-0.15, -0.1) is 11.8 Å². The van der Waals surface area contributed by atoms with Crippen LogP contribution in [-0.2, 0) is 0 Å². The molecule has 0 aliphatic carbocycles. The second-order valence-electron chi connectivity index (χ2n) is 7.23. The van der Waals surface area contributed by atoms with Crippen LogP contribution in [0.15, 0.2) is 24.3 Å². The molecule has 1 aromatic rings. The van der Waals surface area contributed by atoms with Gasteiger partial charge < -0.3 is 19.8 Å². The van der Waals surface area contributed by atoms with Gasteiger partial charge >= 0.3 is 6.09 Å². The zero-order chi connectivity index (χ0) is 20.1. The van der Waals surface area contributed by atoms with E-state index in [2.05, 4.69) is 22.8 Å². The van der Waals surface area contributed by atoms with E-state index in [1.807, 2.05) is 0 Å². The fraction of sp³-hybridized carbons (Fsp3) is 0.524. The largest absolute Gasteiger partial charge is 0.491 e. The van der Waals surface area contributed by atoms with Crippen molar-refractivity contribution in [3.63, 3.8) is 0 Å². The van der Waals surface area contributed by atoms with Gasteiger partial charge in [0, 0.05) is 31.6 Å². The smallest absolute Gasteiger partial charge is 0.407 e. The Morgan fingerprint density at radius 2 is 2.11 bits per heavy atom.